The summed E-state index contributed by atoms with van der Waals surface area (Å²) in [6, 6.07) is 72.4. The maximum atomic E-state index is 2.34. The molecule has 0 bridgehead atoms. The third-order valence-corrected chi connectivity index (χ3v) is 9.61. The molecule has 49 heavy (non-hydrogen) atoms. The van der Waals surface area contributed by atoms with E-state index in [1.807, 2.05) is 0 Å². The molecule has 0 spiro atoms. The molecule has 0 heterocycles. The van der Waals surface area contributed by atoms with Crippen LogP contribution >= 0.6 is 0 Å². The highest BCUT2D eigenvalue weighted by molar-refractivity contribution is 6.20. The standard InChI is InChI=1S/C48H33N/c1-3-11-34(12-4-1)38-14-9-15-39(31-38)35-25-28-44(29-26-35)49(43-17-5-2-6-18-43)45-19-10-16-40(33-45)41-27-30-47-42(32-41)24-23-37-22-21-36-13-7-8-20-46(36)48(37)47/h1-33H. The van der Waals surface area contributed by atoms with Crippen LogP contribution in [0.5, 0.6) is 0 Å². The molecule has 0 aliphatic rings. The summed E-state index contributed by atoms with van der Waals surface area (Å²) < 4.78 is 0. The molecule has 0 saturated carbocycles. The van der Waals surface area contributed by atoms with Gasteiger partial charge in [0, 0.05) is 17.1 Å². The molecule has 0 aliphatic heterocycles. The van der Waals surface area contributed by atoms with Gasteiger partial charge in [0.25, 0.3) is 0 Å². The summed E-state index contributed by atoms with van der Waals surface area (Å²) >= 11 is 0. The molecule has 9 rings (SSSR count). The highest BCUT2D eigenvalue weighted by Gasteiger charge is 2.14. The lowest BCUT2D eigenvalue weighted by atomic mass is 9.94. The number of hydrogen-bond donors (Lipinski definition) is 0. The Kier molecular flexibility index (Phi) is 7.22. The van der Waals surface area contributed by atoms with E-state index in [-0.39, 0.29) is 0 Å². The van der Waals surface area contributed by atoms with E-state index in [0.717, 1.165) is 17.1 Å². The van der Waals surface area contributed by atoms with Crippen LogP contribution in [0.15, 0.2) is 200 Å². The molecule has 0 radical (unpaired) electrons. The van der Waals surface area contributed by atoms with Crippen LogP contribution in [0.25, 0.3) is 65.7 Å². The molecule has 0 N–H and O–H groups in total. The lowest BCUT2D eigenvalue weighted by Crippen LogP contribution is -2.09. The van der Waals surface area contributed by atoms with Crippen molar-refractivity contribution in [2.24, 2.45) is 0 Å². The second kappa shape index (κ2) is 12.3. The molecule has 1 heteroatoms. The Bertz CT molecular complexity index is 2590. The van der Waals surface area contributed by atoms with E-state index >= 15 is 0 Å². The van der Waals surface area contributed by atoms with Crippen molar-refractivity contribution in [1.82, 2.24) is 0 Å². The van der Waals surface area contributed by atoms with Gasteiger partial charge >= 0.3 is 0 Å². The number of anilines is 3. The number of fused-ring (bicyclic) bond motifs is 5. The zero-order valence-corrected chi connectivity index (χ0v) is 27.0. The Labute approximate surface area is 287 Å². The van der Waals surface area contributed by atoms with Gasteiger partial charge in [0.15, 0.2) is 0 Å². The van der Waals surface area contributed by atoms with Crippen molar-refractivity contribution in [3.63, 3.8) is 0 Å². The summed E-state index contributed by atoms with van der Waals surface area (Å²) in [5, 5.41) is 7.70. The minimum atomic E-state index is 1.11. The fourth-order valence-corrected chi connectivity index (χ4v) is 7.18. The fraction of sp³-hybridized carbons (Fsp3) is 0. The van der Waals surface area contributed by atoms with E-state index in [2.05, 4.69) is 205 Å². The van der Waals surface area contributed by atoms with Gasteiger partial charge in [-0.15, -0.1) is 0 Å². The monoisotopic (exact) mass is 623 g/mol. The normalized spacial score (nSPS) is 11.3. The lowest BCUT2D eigenvalue weighted by molar-refractivity contribution is 1.28. The molecule has 230 valence electrons. The summed E-state index contributed by atoms with van der Waals surface area (Å²) in [5.74, 6) is 0. The third-order valence-electron chi connectivity index (χ3n) is 9.61. The van der Waals surface area contributed by atoms with Crippen LogP contribution in [0.1, 0.15) is 0 Å². The van der Waals surface area contributed by atoms with Gasteiger partial charge in [0.05, 0.1) is 0 Å². The molecule has 9 aromatic carbocycles. The lowest BCUT2D eigenvalue weighted by Gasteiger charge is -2.26. The molecular formula is C48H33N. The summed E-state index contributed by atoms with van der Waals surface area (Å²) in [6.07, 6.45) is 0. The number of nitrogens with zero attached hydrogens (tertiary/aromatic N) is 1. The van der Waals surface area contributed by atoms with Gasteiger partial charge in [-0.1, -0.05) is 152 Å². The van der Waals surface area contributed by atoms with E-state index in [4.69, 9.17) is 0 Å². The van der Waals surface area contributed by atoms with Crippen molar-refractivity contribution in [1.29, 1.82) is 0 Å². The maximum Gasteiger partial charge on any atom is 0.0467 e. The number of hydrogen-bond acceptors (Lipinski definition) is 1. The van der Waals surface area contributed by atoms with Gasteiger partial charge in [-0.3, -0.25) is 0 Å². The maximum absolute atomic E-state index is 2.34. The van der Waals surface area contributed by atoms with E-state index in [0.29, 0.717) is 0 Å². The second-order valence-electron chi connectivity index (χ2n) is 12.6. The zero-order valence-electron chi connectivity index (χ0n) is 27.0. The first-order valence-corrected chi connectivity index (χ1v) is 16.8. The number of para-hydroxylation sites is 1. The highest BCUT2D eigenvalue weighted by Crippen LogP contribution is 2.39. The fourth-order valence-electron chi connectivity index (χ4n) is 7.18. The minimum absolute atomic E-state index is 1.11. The quantitative estimate of drug-likeness (QED) is 0.167. The van der Waals surface area contributed by atoms with Crippen molar-refractivity contribution in [2.45, 2.75) is 0 Å². The van der Waals surface area contributed by atoms with Crippen LogP contribution in [-0.2, 0) is 0 Å². The summed E-state index contributed by atoms with van der Waals surface area (Å²) in [7, 11) is 0. The minimum Gasteiger partial charge on any atom is -0.310 e. The van der Waals surface area contributed by atoms with Crippen LogP contribution in [0, 0.1) is 0 Å². The molecule has 0 atom stereocenters. The first kappa shape index (κ1) is 28.8. The van der Waals surface area contributed by atoms with Gasteiger partial charge in [-0.25, -0.2) is 0 Å². The van der Waals surface area contributed by atoms with E-state index in [9.17, 15) is 0 Å². The molecule has 0 unspecified atom stereocenters. The number of benzene rings is 9. The van der Waals surface area contributed by atoms with Gasteiger partial charge in [0.2, 0.25) is 0 Å². The molecule has 0 amide bonds. The van der Waals surface area contributed by atoms with Crippen molar-refractivity contribution in [3.05, 3.63) is 200 Å². The van der Waals surface area contributed by atoms with Crippen LogP contribution in [0.3, 0.4) is 0 Å². The van der Waals surface area contributed by atoms with Crippen molar-refractivity contribution < 1.29 is 0 Å². The molecule has 0 fully saturated rings. The topological polar surface area (TPSA) is 3.24 Å². The molecule has 0 aromatic heterocycles. The van der Waals surface area contributed by atoms with Gasteiger partial charge in [-0.05, 0) is 114 Å². The van der Waals surface area contributed by atoms with E-state index < -0.39 is 0 Å². The Morgan fingerprint density at radius 2 is 0.735 bits per heavy atom. The van der Waals surface area contributed by atoms with Gasteiger partial charge in [-0.2, -0.15) is 0 Å². The van der Waals surface area contributed by atoms with Crippen LogP contribution in [0.2, 0.25) is 0 Å². The number of rotatable bonds is 6. The first-order valence-electron chi connectivity index (χ1n) is 16.8. The second-order valence-corrected chi connectivity index (χ2v) is 12.6. The zero-order chi connectivity index (χ0) is 32.6. The van der Waals surface area contributed by atoms with Crippen LogP contribution in [0.4, 0.5) is 17.1 Å². The Morgan fingerprint density at radius 3 is 1.51 bits per heavy atom. The largest absolute Gasteiger partial charge is 0.310 e. The third kappa shape index (κ3) is 5.42. The molecule has 1 nitrogen and oxygen atoms in total. The van der Waals surface area contributed by atoms with Crippen LogP contribution < -0.4 is 4.90 Å². The van der Waals surface area contributed by atoms with Crippen molar-refractivity contribution >= 4 is 49.4 Å². The average molecular weight is 624 g/mol. The van der Waals surface area contributed by atoms with Crippen molar-refractivity contribution in [2.75, 3.05) is 4.90 Å². The van der Waals surface area contributed by atoms with Gasteiger partial charge < -0.3 is 4.90 Å². The van der Waals surface area contributed by atoms with Gasteiger partial charge in [0.1, 0.15) is 0 Å². The SMILES string of the molecule is c1ccc(-c2cccc(-c3ccc(N(c4ccccc4)c4cccc(-c5ccc6c(ccc7ccc8ccccc8c76)c5)c4)cc3)c2)cc1. The molecule has 0 saturated heterocycles. The van der Waals surface area contributed by atoms with Crippen molar-refractivity contribution in [3.8, 4) is 33.4 Å². The average Bonchev–Trinajstić information content (AvgIpc) is 3.19. The summed E-state index contributed by atoms with van der Waals surface area (Å²) in [4.78, 5) is 2.34. The molecule has 9 aromatic rings. The Morgan fingerprint density at radius 1 is 0.245 bits per heavy atom. The predicted octanol–water partition coefficient (Wildman–Crippen LogP) is 13.6. The Hall–Kier alpha value is -6.44. The van der Waals surface area contributed by atoms with E-state index in [1.165, 1.54) is 65.7 Å². The molecular weight excluding hydrogens is 591 g/mol. The first-order chi connectivity index (χ1) is 24.3. The summed E-state index contributed by atoms with van der Waals surface area (Å²) in [5.41, 5.74) is 10.6. The van der Waals surface area contributed by atoms with Crippen LogP contribution in [-0.4, -0.2) is 0 Å². The van der Waals surface area contributed by atoms with E-state index in [1.54, 1.807) is 0 Å². The smallest absolute Gasteiger partial charge is 0.0467 e. The summed E-state index contributed by atoms with van der Waals surface area (Å²) in [6.45, 7) is 0. The predicted molar refractivity (Wildman–Crippen MR) is 210 cm³/mol. The molecule has 0 aliphatic carbocycles. The highest BCUT2D eigenvalue weighted by atomic mass is 15.1. The Balaban J connectivity index is 1.09.